The number of rotatable bonds is 5. The summed E-state index contributed by atoms with van der Waals surface area (Å²) < 4.78 is 1.88. The average molecular weight is 307 g/mol. The van der Waals surface area contributed by atoms with E-state index in [1.165, 1.54) is 0 Å². The van der Waals surface area contributed by atoms with Crippen molar-refractivity contribution in [1.82, 2.24) is 14.9 Å². The van der Waals surface area contributed by atoms with Crippen LogP contribution in [0.5, 0.6) is 0 Å². The number of carbonyl (C=O) groups excluding carboxylic acids is 1. The number of nitrogens with zero attached hydrogens (tertiary/aromatic N) is 2. The van der Waals surface area contributed by atoms with Gasteiger partial charge in [-0.15, -0.1) is 0 Å². The monoisotopic (exact) mass is 306 g/mol. The van der Waals surface area contributed by atoms with Crippen molar-refractivity contribution in [2.45, 2.75) is 13.0 Å². The second-order valence-electron chi connectivity index (χ2n) is 5.03. The van der Waals surface area contributed by atoms with Gasteiger partial charge in [-0.3, -0.25) is 4.79 Å². The van der Waals surface area contributed by atoms with Crippen LogP contribution in [0.1, 0.15) is 24.4 Å². The smallest absolute Gasteiger partial charge is 0.224 e. The molecule has 112 valence electrons. The Morgan fingerprint density at radius 3 is 2.62 bits per heavy atom. The fraction of sp³-hybridized carbons (Fsp3) is 0.333. The summed E-state index contributed by atoms with van der Waals surface area (Å²) in [6.45, 7) is 2.10. The second kappa shape index (κ2) is 6.74. The first kappa shape index (κ1) is 15.5. The van der Waals surface area contributed by atoms with E-state index in [4.69, 9.17) is 17.3 Å². The molecule has 1 aromatic carbocycles. The van der Waals surface area contributed by atoms with Crippen molar-refractivity contribution in [2.75, 3.05) is 6.54 Å². The third kappa shape index (κ3) is 3.62. The normalized spacial score (nSPS) is 13.7. The number of imidazole rings is 1. The number of aromatic nitrogens is 2. The largest absolute Gasteiger partial charge is 0.342 e. The molecule has 2 unspecified atom stereocenters. The van der Waals surface area contributed by atoms with Crippen molar-refractivity contribution in [2.24, 2.45) is 18.7 Å². The molecule has 2 atom stereocenters. The first-order valence-corrected chi connectivity index (χ1v) is 7.14. The van der Waals surface area contributed by atoms with Crippen LogP contribution in [0, 0.1) is 5.92 Å². The van der Waals surface area contributed by atoms with E-state index in [0.717, 1.165) is 11.4 Å². The molecule has 1 aromatic heterocycles. The molecule has 0 spiro atoms. The molecule has 1 heterocycles. The van der Waals surface area contributed by atoms with E-state index in [9.17, 15) is 4.79 Å². The molecule has 0 aliphatic rings. The summed E-state index contributed by atoms with van der Waals surface area (Å²) in [4.78, 5) is 16.5. The minimum absolute atomic E-state index is 0.0968. The van der Waals surface area contributed by atoms with Crippen LogP contribution in [0.25, 0.3) is 0 Å². The molecule has 6 heteroatoms. The van der Waals surface area contributed by atoms with Crippen molar-refractivity contribution in [3.8, 4) is 0 Å². The highest BCUT2D eigenvalue weighted by molar-refractivity contribution is 6.30. The molecule has 0 saturated heterocycles. The van der Waals surface area contributed by atoms with Crippen LogP contribution in [0.3, 0.4) is 0 Å². The van der Waals surface area contributed by atoms with Gasteiger partial charge in [-0.1, -0.05) is 30.7 Å². The number of aryl methyl sites for hydroxylation is 1. The Morgan fingerprint density at radius 1 is 1.43 bits per heavy atom. The topological polar surface area (TPSA) is 72.9 Å². The lowest BCUT2D eigenvalue weighted by Gasteiger charge is -2.21. The van der Waals surface area contributed by atoms with Crippen LogP contribution in [-0.2, 0) is 11.8 Å². The minimum Gasteiger partial charge on any atom is -0.342 e. The molecule has 3 N–H and O–H groups in total. The molecular weight excluding hydrogens is 288 g/mol. The molecular formula is C15H19ClN4O. The molecule has 0 fully saturated rings. The summed E-state index contributed by atoms with van der Waals surface area (Å²) in [5.74, 6) is 0.412. The highest BCUT2D eigenvalue weighted by Gasteiger charge is 2.22. The van der Waals surface area contributed by atoms with Gasteiger partial charge in [0.05, 0.1) is 0 Å². The summed E-state index contributed by atoms with van der Waals surface area (Å²) in [6, 6.07) is 7.03. The molecule has 2 aromatic rings. The molecule has 21 heavy (non-hydrogen) atoms. The predicted octanol–water partition coefficient (Wildman–Crippen LogP) is 1.87. The van der Waals surface area contributed by atoms with Gasteiger partial charge >= 0.3 is 0 Å². The van der Waals surface area contributed by atoms with Gasteiger partial charge in [0, 0.05) is 36.9 Å². The third-order valence-corrected chi connectivity index (χ3v) is 3.66. The number of carbonyl (C=O) groups is 1. The van der Waals surface area contributed by atoms with E-state index in [1.807, 2.05) is 29.9 Å². The molecule has 0 saturated carbocycles. The summed E-state index contributed by atoms with van der Waals surface area (Å²) in [5.41, 5.74) is 6.48. The second-order valence-corrected chi connectivity index (χ2v) is 5.46. The van der Waals surface area contributed by atoms with Crippen molar-refractivity contribution >= 4 is 17.5 Å². The Labute approximate surface area is 129 Å². The van der Waals surface area contributed by atoms with Gasteiger partial charge in [-0.25, -0.2) is 4.98 Å². The Bertz CT molecular complexity index is 608. The van der Waals surface area contributed by atoms with E-state index in [1.54, 1.807) is 25.3 Å². The number of hydrogen-bond acceptors (Lipinski definition) is 3. The number of amides is 1. The highest BCUT2D eigenvalue weighted by Crippen LogP contribution is 2.22. The van der Waals surface area contributed by atoms with Crippen molar-refractivity contribution in [3.05, 3.63) is 53.1 Å². The van der Waals surface area contributed by atoms with E-state index in [-0.39, 0.29) is 17.9 Å². The molecule has 0 aliphatic carbocycles. The lowest BCUT2D eigenvalue weighted by molar-refractivity contribution is -0.124. The number of nitrogens with two attached hydrogens (primary N) is 1. The number of benzene rings is 1. The summed E-state index contributed by atoms with van der Waals surface area (Å²) in [6.07, 6.45) is 3.55. The van der Waals surface area contributed by atoms with Gasteiger partial charge in [0.2, 0.25) is 5.91 Å². The van der Waals surface area contributed by atoms with Gasteiger partial charge in [0.25, 0.3) is 0 Å². The Hall–Kier alpha value is -1.85. The maximum absolute atomic E-state index is 12.2. The van der Waals surface area contributed by atoms with Crippen molar-refractivity contribution in [3.63, 3.8) is 0 Å². The molecule has 5 nitrogen and oxygen atoms in total. The zero-order valence-corrected chi connectivity index (χ0v) is 12.8. The standard InChI is InChI=1S/C15H19ClN4O/c1-10(9-17)15(21)19-13(14-18-7-8-20(14)2)11-3-5-12(16)6-4-11/h3-8,10,13H,9,17H2,1-2H3,(H,19,21). The average Bonchev–Trinajstić information content (AvgIpc) is 2.90. The maximum Gasteiger partial charge on any atom is 0.224 e. The first-order chi connectivity index (χ1) is 10.0. The molecule has 0 aliphatic heterocycles. The van der Waals surface area contributed by atoms with Crippen molar-refractivity contribution in [1.29, 1.82) is 0 Å². The Morgan fingerprint density at radius 2 is 2.10 bits per heavy atom. The van der Waals surface area contributed by atoms with Crippen LogP contribution in [-0.4, -0.2) is 22.0 Å². The van der Waals surface area contributed by atoms with E-state index in [0.29, 0.717) is 11.6 Å². The summed E-state index contributed by atoms with van der Waals surface area (Å²) in [5, 5.41) is 3.65. The SMILES string of the molecule is CC(CN)C(=O)NC(c1ccc(Cl)cc1)c1nccn1C. The fourth-order valence-corrected chi connectivity index (χ4v) is 2.13. The Balaban J connectivity index is 2.33. The quantitative estimate of drug-likeness (QED) is 0.886. The third-order valence-electron chi connectivity index (χ3n) is 3.41. The molecule has 2 rings (SSSR count). The first-order valence-electron chi connectivity index (χ1n) is 6.76. The molecule has 1 amide bonds. The minimum atomic E-state index is -0.330. The predicted molar refractivity (Wildman–Crippen MR) is 82.9 cm³/mol. The lowest BCUT2D eigenvalue weighted by Crippen LogP contribution is -2.37. The van der Waals surface area contributed by atoms with Crippen LogP contribution < -0.4 is 11.1 Å². The Kier molecular flexibility index (Phi) is 4.98. The number of halogens is 1. The zero-order chi connectivity index (χ0) is 15.4. The van der Waals surface area contributed by atoms with Gasteiger partial charge in [-0.2, -0.15) is 0 Å². The number of nitrogens with one attached hydrogen (secondary N) is 1. The van der Waals surface area contributed by atoms with E-state index < -0.39 is 0 Å². The van der Waals surface area contributed by atoms with E-state index in [2.05, 4.69) is 10.3 Å². The van der Waals surface area contributed by atoms with E-state index >= 15 is 0 Å². The van der Waals surface area contributed by atoms with Crippen molar-refractivity contribution < 1.29 is 4.79 Å². The number of hydrogen-bond donors (Lipinski definition) is 2. The fourth-order valence-electron chi connectivity index (χ4n) is 2.00. The zero-order valence-electron chi connectivity index (χ0n) is 12.1. The van der Waals surface area contributed by atoms with Crippen LogP contribution in [0.2, 0.25) is 5.02 Å². The summed E-state index contributed by atoms with van der Waals surface area (Å²) in [7, 11) is 1.89. The van der Waals surface area contributed by atoms with Gasteiger partial charge in [-0.05, 0) is 17.7 Å². The highest BCUT2D eigenvalue weighted by atomic mass is 35.5. The lowest BCUT2D eigenvalue weighted by atomic mass is 10.0. The van der Waals surface area contributed by atoms with Crippen LogP contribution in [0.4, 0.5) is 0 Å². The molecule has 0 radical (unpaired) electrons. The van der Waals surface area contributed by atoms with Crippen LogP contribution >= 0.6 is 11.6 Å². The van der Waals surface area contributed by atoms with Gasteiger partial charge in [0.1, 0.15) is 11.9 Å². The summed E-state index contributed by atoms with van der Waals surface area (Å²) >= 11 is 5.93. The molecule has 0 bridgehead atoms. The maximum atomic E-state index is 12.2. The van der Waals surface area contributed by atoms with Crippen LogP contribution in [0.15, 0.2) is 36.7 Å². The van der Waals surface area contributed by atoms with Gasteiger partial charge < -0.3 is 15.6 Å². The van der Waals surface area contributed by atoms with Gasteiger partial charge in [0.15, 0.2) is 0 Å².